The van der Waals surface area contributed by atoms with E-state index in [4.69, 9.17) is 4.74 Å². The minimum absolute atomic E-state index is 0.0688. The quantitative estimate of drug-likeness (QED) is 0.851. The maximum Gasteiger partial charge on any atom is 0.163 e. The summed E-state index contributed by atoms with van der Waals surface area (Å²) in [7, 11) is 0. The van der Waals surface area contributed by atoms with Gasteiger partial charge in [-0.05, 0) is 36.6 Å². The molecular formula is C17H14F2O2. The van der Waals surface area contributed by atoms with E-state index >= 15 is 0 Å². The number of rotatable bonds is 3. The maximum absolute atomic E-state index is 13.1. The SMILES string of the molecule is O=C1CCCc2c(OCc3cc(F)cc(F)c3)cccc21. The molecule has 0 radical (unpaired) electrons. The lowest BCUT2D eigenvalue weighted by Crippen LogP contribution is -2.12. The van der Waals surface area contributed by atoms with Crippen LogP contribution in [0.2, 0.25) is 0 Å². The summed E-state index contributed by atoms with van der Waals surface area (Å²) in [4.78, 5) is 11.8. The molecule has 1 aliphatic rings. The minimum Gasteiger partial charge on any atom is -0.489 e. The Morgan fingerprint density at radius 2 is 1.81 bits per heavy atom. The second-order valence-corrected chi connectivity index (χ2v) is 5.13. The van der Waals surface area contributed by atoms with Crippen molar-refractivity contribution in [2.75, 3.05) is 0 Å². The summed E-state index contributed by atoms with van der Waals surface area (Å²) in [6.07, 6.45) is 2.15. The predicted molar refractivity (Wildman–Crippen MR) is 74.4 cm³/mol. The van der Waals surface area contributed by atoms with Gasteiger partial charge in [-0.2, -0.15) is 0 Å². The molecule has 21 heavy (non-hydrogen) atoms. The Morgan fingerprint density at radius 3 is 2.57 bits per heavy atom. The molecule has 0 atom stereocenters. The Hall–Kier alpha value is -2.23. The summed E-state index contributed by atoms with van der Waals surface area (Å²) < 4.78 is 31.9. The lowest BCUT2D eigenvalue weighted by molar-refractivity contribution is 0.0971. The standard InChI is InChI=1S/C17H14F2O2/c18-12-7-11(8-13(19)9-12)10-21-17-6-2-3-14-15(17)4-1-5-16(14)20/h2-3,6-9H,1,4-5,10H2. The van der Waals surface area contributed by atoms with E-state index in [1.165, 1.54) is 12.1 Å². The van der Waals surface area contributed by atoms with Crippen LogP contribution in [0.3, 0.4) is 0 Å². The zero-order chi connectivity index (χ0) is 14.8. The fourth-order valence-electron chi connectivity index (χ4n) is 2.64. The maximum atomic E-state index is 13.1. The monoisotopic (exact) mass is 288 g/mol. The van der Waals surface area contributed by atoms with Gasteiger partial charge in [-0.25, -0.2) is 8.78 Å². The number of fused-ring (bicyclic) bond motifs is 1. The van der Waals surface area contributed by atoms with Gasteiger partial charge in [0.2, 0.25) is 0 Å². The molecular weight excluding hydrogens is 274 g/mol. The summed E-state index contributed by atoms with van der Waals surface area (Å²) in [6, 6.07) is 8.65. The van der Waals surface area contributed by atoms with Gasteiger partial charge in [0.05, 0.1) is 0 Å². The third-order valence-electron chi connectivity index (χ3n) is 3.58. The van der Waals surface area contributed by atoms with Crippen LogP contribution in [0.1, 0.15) is 34.3 Å². The Labute approximate surface area is 121 Å². The second kappa shape index (κ2) is 5.64. The number of halogens is 2. The first-order valence-corrected chi connectivity index (χ1v) is 6.86. The summed E-state index contributed by atoms with van der Waals surface area (Å²) in [5.74, 6) is -0.513. The third-order valence-corrected chi connectivity index (χ3v) is 3.58. The van der Waals surface area contributed by atoms with Gasteiger partial charge < -0.3 is 4.74 Å². The van der Waals surface area contributed by atoms with Crippen molar-refractivity contribution >= 4 is 5.78 Å². The molecule has 4 heteroatoms. The summed E-state index contributed by atoms with van der Waals surface area (Å²) in [6.45, 7) is 0.0688. The number of hydrogen-bond acceptors (Lipinski definition) is 2. The van der Waals surface area contributed by atoms with Crippen molar-refractivity contribution in [3.05, 3.63) is 64.7 Å². The highest BCUT2D eigenvalue weighted by Gasteiger charge is 2.20. The van der Waals surface area contributed by atoms with Crippen LogP contribution >= 0.6 is 0 Å². The van der Waals surface area contributed by atoms with E-state index in [0.717, 1.165) is 24.5 Å². The Bertz CT molecular complexity index is 675. The van der Waals surface area contributed by atoms with Crippen molar-refractivity contribution in [2.24, 2.45) is 0 Å². The third kappa shape index (κ3) is 2.94. The molecule has 0 bridgehead atoms. The molecule has 0 saturated carbocycles. The van der Waals surface area contributed by atoms with E-state index in [9.17, 15) is 13.6 Å². The first kappa shape index (κ1) is 13.7. The highest BCUT2D eigenvalue weighted by Crippen LogP contribution is 2.30. The van der Waals surface area contributed by atoms with Crippen molar-refractivity contribution in [1.29, 1.82) is 0 Å². The van der Waals surface area contributed by atoms with Crippen molar-refractivity contribution in [3.63, 3.8) is 0 Å². The number of ketones is 1. The van der Waals surface area contributed by atoms with E-state index in [0.29, 0.717) is 23.3 Å². The van der Waals surface area contributed by atoms with Gasteiger partial charge in [0.25, 0.3) is 0 Å². The first-order chi connectivity index (χ1) is 10.1. The van der Waals surface area contributed by atoms with Crippen LogP contribution in [0.15, 0.2) is 36.4 Å². The van der Waals surface area contributed by atoms with Gasteiger partial charge in [0.15, 0.2) is 5.78 Å². The fourth-order valence-corrected chi connectivity index (χ4v) is 2.64. The molecule has 0 aromatic heterocycles. The molecule has 0 amide bonds. The molecule has 0 N–H and O–H groups in total. The summed E-state index contributed by atoms with van der Waals surface area (Å²) in [5.41, 5.74) is 2.02. The van der Waals surface area contributed by atoms with Crippen LogP contribution in [0.5, 0.6) is 5.75 Å². The summed E-state index contributed by atoms with van der Waals surface area (Å²) in [5, 5.41) is 0. The van der Waals surface area contributed by atoms with E-state index < -0.39 is 11.6 Å². The van der Waals surface area contributed by atoms with E-state index in [1.54, 1.807) is 18.2 Å². The van der Waals surface area contributed by atoms with Crippen LogP contribution in [-0.4, -0.2) is 5.78 Å². The molecule has 0 spiro atoms. The van der Waals surface area contributed by atoms with Crippen molar-refractivity contribution in [2.45, 2.75) is 25.9 Å². The number of carbonyl (C=O) groups excluding carboxylic acids is 1. The molecule has 108 valence electrons. The second-order valence-electron chi connectivity index (χ2n) is 5.13. The Morgan fingerprint density at radius 1 is 1.05 bits per heavy atom. The molecule has 2 aromatic rings. The molecule has 0 fully saturated rings. The number of ether oxygens (including phenoxy) is 1. The van der Waals surface area contributed by atoms with Crippen molar-refractivity contribution in [1.82, 2.24) is 0 Å². The topological polar surface area (TPSA) is 26.3 Å². The molecule has 0 saturated heterocycles. The number of hydrogen-bond donors (Lipinski definition) is 0. The van der Waals surface area contributed by atoms with Crippen LogP contribution < -0.4 is 4.74 Å². The predicted octanol–water partition coefficient (Wildman–Crippen LogP) is 4.06. The number of benzene rings is 2. The first-order valence-electron chi connectivity index (χ1n) is 6.86. The molecule has 2 nitrogen and oxygen atoms in total. The van der Waals surface area contributed by atoms with Crippen LogP contribution in [0.25, 0.3) is 0 Å². The zero-order valence-electron chi connectivity index (χ0n) is 11.4. The smallest absolute Gasteiger partial charge is 0.163 e. The van der Waals surface area contributed by atoms with Crippen molar-refractivity contribution < 1.29 is 18.3 Å². The van der Waals surface area contributed by atoms with Crippen LogP contribution in [0.4, 0.5) is 8.78 Å². The molecule has 0 aliphatic heterocycles. The lowest BCUT2D eigenvalue weighted by Gasteiger charge is -2.18. The van der Waals surface area contributed by atoms with Gasteiger partial charge in [-0.1, -0.05) is 12.1 Å². The van der Waals surface area contributed by atoms with Gasteiger partial charge in [0, 0.05) is 23.6 Å². The lowest BCUT2D eigenvalue weighted by atomic mass is 9.90. The number of Topliss-reactive ketones (excluding diaryl/α,β-unsaturated/α-hetero) is 1. The highest BCUT2D eigenvalue weighted by atomic mass is 19.1. The van der Waals surface area contributed by atoms with Gasteiger partial charge in [-0.15, -0.1) is 0 Å². The molecule has 3 rings (SSSR count). The van der Waals surface area contributed by atoms with Gasteiger partial charge in [0.1, 0.15) is 24.0 Å². The van der Waals surface area contributed by atoms with E-state index in [1.807, 2.05) is 0 Å². The molecule has 0 unspecified atom stereocenters. The van der Waals surface area contributed by atoms with Gasteiger partial charge >= 0.3 is 0 Å². The Kier molecular flexibility index (Phi) is 3.69. The largest absolute Gasteiger partial charge is 0.489 e. The fraction of sp³-hybridized carbons (Fsp3) is 0.235. The Balaban J connectivity index is 1.82. The normalized spacial score (nSPS) is 13.9. The molecule has 0 heterocycles. The number of carbonyl (C=O) groups is 1. The summed E-state index contributed by atoms with van der Waals surface area (Å²) >= 11 is 0. The van der Waals surface area contributed by atoms with E-state index in [2.05, 4.69) is 0 Å². The average molecular weight is 288 g/mol. The minimum atomic E-state index is -0.626. The van der Waals surface area contributed by atoms with Crippen LogP contribution in [-0.2, 0) is 13.0 Å². The van der Waals surface area contributed by atoms with Gasteiger partial charge in [-0.3, -0.25) is 4.79 Å². The van der Waals surface area contributed by atoms with Crippen LogP contribution in [0, 0.1) is 11.6 Å². The molecule has 2 aromatic carbocycles. The highest BCUT2D eigenvalue weighted by molar-refractivity contribution is 5.99. The average Bonchev–Trinajstić information content (AvgIpc) is 2.45. The van der Waals surface area contributed by atoms with E-state index in [-0.39, 0.29) is 12.4 Å². The van der Waals surface area contributed by atoms with Crippen molar-refractivity contribution in [3.8, 4) is 5.75 Å². The zero-order valence-corrected chi connectivity index (χ0v) is 11.4. The molecule has 1 aliphatic carbocycles.